The highest BCUT2D eigenvalue weighted by molar-refractivity contribution is 7.93. The molecule has 0 unspecified atom stereocenters. The van der Waals surface area contributed by atoms with Gasteiger partial charge in [0.2, 0.25) is 5.88 Å². The van der Waals surface area contributed by atoms with Crippen LogP contribution in [0, 0.1) is 6.92 Å². The Kier molecular flexibility index (Phi) is 6.78. The summed E-state index contributed by atoms with van der Waals surface area (Å²) in [6, 6.07) is 7.41. The summed E-state index contributed by atoms with van der Waals surface area (Å²) in [6.07, 6.45) is 3.87. The molecule has 3 aromatic rings. The van der Waals surface area contributed by atoms with Crippen LogP contribution in [0.2, 0.25) is 0 Å². The fourth-order valence-corrected chi connectivity index (χ4v) is 6.23. The Bertz CT molecular complexity index is 1260. The lowest BCUT2D eigenvalue weighted by Gasteiger charge is -2.18. The number of aryl methyl sites for hydroxylation is 1. The number of aliphatic hydroxyl groups is 1. The van der Waals surface area contributed by atoms with Crippen LogP contribution < -0.4 is 10.1 Å². The average Bonchev–Trinajstić information content (AvgIpc) is 3.37. The Morgan fingerprint density at radius 1 is 1.21 bits per heavy atom. The van der Waals surface area contributed by atoms with Crippen molar-refractivity contribution in [3.63, 3.8) is 0 Å². The van der Waals surface area contributed by atoms with Gasteiger partial charge < -0.3 is 19.9 Å². The summed E-state index contributed by atoms with van der Waals surface area (Å²) in [4.78, 5) is 13.2. The zero-order valence-corrected chi connectivity index (χ0v) is 18.5. The van der Waals surface area contributed by atoms with Crippen LogP contribution in [0.15, 0.2) is 41.2 Å². The number of pyridine rings is 1. The van der Waals surface area contributed by atoms with Crippen molar-refractivity contribution in [1.82, 2.24) is 15.0 Å². The largest absolute Gasteiger partial charge is 0.468 e. The van der Waals surface area contributed by atoms with Crippen molar-refractivity contribution in [1.29, 1.82) is 0 Å². The number of ether oxygens (including phenoxy) is 2. The fraction of sp³-hybridized carbons (Fsp3) is 0.435. The number of nitrogens with zero attached hydrogens (tertiary/aromatic N) is 4. The zero-order valence-electron chi connectivity index (χ0n) is 17.7. The van der Waals surface area contributed by atoms with Crippen molar-refractivity contribution in [3.8, 4) is 5.88 Å². The molecule has 2 N–H and O–H groups in total. The molecule has 2 aromatic heterocycles. The van der Waals surface area contributed by atoms with E-state index in [1.807, 2.05) is 25.1 Å². The van der Waals surface area contributed by atoms with E-state index in [9.17, 15) is 9.32 Å². The number of hydrogen-bond donors (Lipinski definition) is 2. The van der Waals surface area contributed by atoms with Gasteiger partial charge >= 0.3 is 0 Å². The van der Waals surface area contributed by atoms with Crippen LogP contribution >= 0.6 is 0 Å². The van der Waals surface area contributed by atoms with Gasteiger partial charge in [-0.3, -0.25) is 0 Å². The molecule has 0 aliphatic carbocycles. The highest BCUT2D eigenvalue weighted by Crippen LogP contribution is 2.33. The molecule has 33 heavy (non-hydrogen) atoms. The smallest absolute Gasteiger partial charge is 0.238 e. The van der Waals surface area contributed by atoms with E-state index in [0.29, 0.717) is 46.7 Å². The van der Waals surface area contributed by atoms with E-state index in [4.69, 9.17) is 9.47 Å². The predicted octanol–water partition coefficient (Wildman–Crippen LogP) is 3.74. The van der Waals surface area contributed by atoms with Crippen molar-refractivity contribution >= 4 is 37.8 Å². The van der Waals surface area contributed by atoms with Gasteiger partial charge in [-0.25, -0.2) is 19.2 Å². The molecule has 10 heteroatoms. The normalized spacial score (nSPS) is 21.5. The number of benzene rings is 1. The van der Waals surface area contributed by atoms with Crippen molar-refractivity contribution in [2.75, 3.05) is 30.0 Å². The highest BCUT2D eigenvalue weighted by Gasteiger charge is 2.29. The van der Waals surface area contributed by atoms with E-state index in [1.165, 1.54) is 6.33 Å². The summed E-state index contributed by atoms with van der Waals surface area (Å²) in [7, 11) is -2.16. The van der Waals surface area contributed by atoms with Crippen LogP contribution in [-0.2, 0) is 14.5 Å². The van der Waals surface area contributed by atoms with E-state index in [2.05, 4.69) is 24.6 Å². The molecule has 0 amide bonds. The lowest BCUT2D eigenvalue weighted by molar-refractivity contribution is 0.0709. The van der Waals surface area contributed by atoms with Crippen LogP contribution in [-0.4, -0.2) is 61.2 Å². The summed E-state index contributed by atoms with van der Waals surface area (Å²) in [5, 5.41) is 14.1. The second-order valence-electron chi connectivity index (χ2n) is 8.10. The molecule has 2 atom stereocenters. The molecule has 176 valence electrons. The number of nitrogens with one attached hydrogen (secondary N) is 1. The number of aliphatic hydroxyl groups excluding tert-OH is 1. The van der Waals surface area contributed by atoms with E-state index >= 15 is 0 Å². The molecule has 0 saturated carbocycles. The Labute approximate surface area is 193 Å². The molecule has 2 aliphatic heterocycles. The molecular formula is C23H29N5O4S. The SMILES string of the molecule is C.Cc1cc(N=S2(=O)CCCC2)cc2ncnc(Nc3cccnc3O[C@@H]3COC[C@@H]3O)c12. The first kappa shape index (κ1) is 23.3. The van der Waals surface area contributed by atoms with Gasteiger partial charge in [-0.1, -0.05) is 7.43 Å². The molecular weight excluding hydrogens is 442 g/mol. The standard InChI is InChI=1S/C22H25N5O4S.CH4/c1-14-9-15(27-32(29)7-2-3-8-32)10-17-20(14)21(25-13-24-17)26-16-5-4-6-23-22(16)31-19-12-30-11-18(19)28;/h4-6,9-10,13,18-19,28H,2-3,7-8,11-12H2,1H3,(H,24,25,26);1H4/t18-,19+;/m0./s1. The maximum absolute atomic E-state index is 12.9. The molecule has 1 aromatic carbocycles. The first-order valence-electron chi connectivity index (χ1n) is 10.6. The van der Waals surface area contributed by atoms with Gasteiger partial charge in [0.05, 0.1) is 34.1 Å². The van der Waals surface area contributed by atoms with E-state index in [0.717, 1.165) is 23.8 Å². The van der Waals surface area contributed by atoms with Crippen molar-refractivity contribution < 1.29 is 18.8 Å². The van der Waals surface area contributed by atoms with Crippen LogP contribution in [0.4, 0.5) is 17.2 Å². The van der Waals surface area contributed by atoms with Gasteiger partial charge in [0.15, 0.2) is 6.10 Å². The first-order valence-corrected chi connectivity index (χ1v) is 12.5. The van der Waals surface area contributed by atoms with Crippen LogP contribution in [0.25, 0.3) is 10.9 Å². The second-order valence-corrected chi connectivity index (χ2v) is 10.6. The van der Waals surface area contributed by atoms with Crippen LogP contribution in [0.3, 0.4) is 0 Å². The predicted molar refractivity (Wildman–Crippen MR) is 129 cm³/mol. The third kappa shape index (κ3) is 4.92. The van der Waals surface area contributed by atoms with Crippen molar-refractivity contribution in [2.45, 2.75) is 39.4 Å². The van der Waals surface area contributed by atoms with Crippen LogP contribution in [0.5, 0.6) is 5.88 Å². The maximum Gasteiger partial charge on any atom is 0.238 e. The highest BCUT2D eigenvalue weighted by atomic mass is 32.2. The third-order valence-corrected chi connectivity index (χ3v) is 8.05. The lowest BCUT2D eigenvalue weighted by Crippen LogP contribution is -2.30. The Morgan fingerprint density at radius 2 is 2.03 bits per heavy atom. The van der Waals surface area contributed by atoms with Gasteiger partial charge in [-0.05, 0) is 49.6 Å². The summed E-state index contributed by atoms with van der Waals surface area (Å²) in [5.41, 5.74) is 2.95. The monoisotopic (exact) mass is 471 g/mol. The Balaban J connectivity index is 0.00000259. The molecule has 2 aliphatic rings. The van der Waals surface area contributed by atoms with Crippen molar-refractivity contribution in [2.24, 2.45) is 4.36 Å². The average molecular weight is 472 g/mol. The van der Waals surface area contributed by atoms with Gasteiger partial charge in [0.25, 0.3) is 0 Å². The summed E-state index contributed by atoms with van der Waals surface area (Å²) < 4.78 is 28.6. The first-order chi connectivity index (χ1) is 15.5. The van der Waals surface area contributed by atoms with Crippen molar-refractivity contribution in [3.05, 3.63) is 42.4 Å². The number of fused-ring (bicyclic) bond motifs is 1. The second kappa shape index (κ2) is 9.58. The minimum atomic E-state index is -2.16. The fourth-order valence-electron chi connectivity index (χ4n) is 4.05. The van der Waals surface area contributed by atoms with E-state index < -0.39 is 21.9 Å². The Morgan fingerprint density at radius 3 is 2.79 bits per heavy atom. The quantitative estimate of drug-likeness (QED) is 0.578. The summed E-state index contributed by atoms with van der Waals surface area (Å²) in [6.45, 7) is 2.52. The molecule has 0 radical (unpaired) electrons. The van der Waals surface area contributed by atoms with Gasteiger partial charge in [-0.2, -0.15) is 4.36 Å². The summed E-state index contributed by atoms with van der Waals surface area (Å²) >= 11 is 0. The summed E-state index contributed by atoms with van der Waals surface area (Å²) in [5.74, 6) is 2.28. The molecule has 5 rings (SSSR count). The number of rotatable bonds is 5. The number of aromatic nitrogens is 3. The molecule has 9 nitrogen and oxygen atoms in total. The Hall–Kier alpha value is -2.82. The van der Waals surface area contributed by atoms with Gasteiger partial charge in [0.1, 0.15) is 23.9 Å². The molecule has 2 fully saturated rings. The molecule has 4 heterocycles. The molecule has 0 bridgehead atoms. The zero-order chi connectivity index (χ0) is 22.1. The minimum Gasteiger partial charge on any atom is -0.468 e. The topological polar surface area (TPSA) is 119 Å². The van der Waals surface area contributed by atoms with Gasteiger partial charge in [-0.15, -0.1) is 0 Å². The molecule has 0 spiro atoms. The maximum atomic E-state index is 12.9. The van der Waals surface area contributed by atoms with E-state index in [-0.39, 0.29) is 14.0 Å². The van der Waals surface area contributed by atoms with E-state index in [1.54, 1.807) is 12.3 Å². The third-order valence-electron chi connectivity index (χ3n) is 5.66. The van der Waals surface area contributed by atoms with Crippen LogP contribution in [0.1, 0.15) is 25.8 Å². The number of anilines is 2. The molecule has 2 saturated heterocycles. The number of hydrogen-bond acceptors (Lipinski definition) is 9. The van der Waals surface area contributed by atoms with Gasteiger partial charge in [0, 0.05) is 23.1 Å². The minimum absolute atomic E-state index is 0. The lowest BCUT2D eigenvalue weighted by atomic mass is 10.1.